The van der Waals surface area contributed by atoms with Gasteiger partial charge in [-0.1, -0.05) is 18.2 Å². The van der Waals surface area contributed by atoms with Crippen LogP contribution in [0.1, 0.15) is 38.3 Å². The maximum absolute atomic E-state index is 11.8. The van der Waals surface area contributed by atoms with Crippen molar-refractivity contribution >= 4 is 11.8 Å². The average molecular weight is 304 g/mol. The molecule has 0 aliphatic heterocycles. The molecule has 0 saturated heterocycles. The van der Waals surface area contributed by atoms with Crippen molar-refractivity contribution < 1.29 is 0 Å². The molecule has 0 spiro atoms. The molecule has 1 aliphatic carbocycles. The van der Waals surface area contributed by atoms with Crippen LogP contribution in [0.25, 0.3) is 0 Å². The summed E-state index contributed by atoms with van der Waals surface area (Å²) in [6.45, 7) is 4.84. The van der Waals surface area contributed by atoms with Crippen LogP contribution in [0.3, 0.4) is 0 Å². The van der Waals surface area contributed by atoms with Gasteiger partial charge in [-0.05, 0) is 50.1 Å². The van der Waals surface area contributed by atoms with Gasteiger partial charge in [-0.2, -0.15) is 0 Å². The molecule has 0 bridgehead atoms. The summed E-state index contributed by atoms with van der Waals surface area (Å²) in [7, 11) is 0. The SMILES string of the molecule is CC(C)n1c(Sc2ccccc2CNC2CC2)n[nH]c1=O. The molecule has 1 aromatic heterocycles. The van der Waals surface area contributed by atoms with Crippen molar-refractivity contribution in [2.24, 2.45) is 0 Å². The van der Waals surface area contributed by atoms with Crippen molar-refractivity contribution in [1.29, 1.82) is 0 Å². The van der Waals surface area contributed by atoms with Crippen molar-refractivity contribution in [2.75, 3.05) is 0 Å². The number of hydrogen-bond acceptors (Lipinski definition) is 4. The summed E-state index contributed by atoms with van der Waals surface area (Å²) in [5.74, 6) is 0. The summed E-state index contributed by atoms with van der Waals surface area (Å²) in [6, 6.07) is 9.06. The molecule has 1 aromatic carbocycles. The number of benzene rings is 1. The molecule has 1 saturated carbocycles. The van der Waals surface area contributed by atoms with Crippen LogP contribution in [0.5, 0.6) is 0 Å². The predicted octanol–water partition coefficient (Wildman–Crippen LogP) is 2.56. The Morgan fingerprint density at radius 3 is 2.90 bits per heavy atom. The first-order valence-electron chi connectivity index (χ1n) is 7.31. The summed E-state index contributed by atoms with van der Waals surface area (Å²) in [4.78, 5) is 12.9. The molecule has 21 heavy (non-hydrogen) atoms. The molecular formula is C15H20N4OS. The summed E-state index contributed by atoms with van der Waals surface area (Å²) in [5.41, 5.74) is 1.10. The minimum absolute atomic E-state index is 0.0931. The first-order chi connectivity index (χ1) is 10.1. The quantitative estimate of drug-likeness (QED) is 0.861. The Kier molecular flexibility index (Phi) is 4.17. The summed E-state index contributed by atoms with van der Waals surface area (Å²) < 4.78 is 1.69. The smallest absolute Gasteiger partial charge is 0.310 e. The molecule has 0 radical (unpaired) electrons. The monoisotopic (exact) mass is 304 g/mol. The topological polar surface area (TPSA) is 62.7 Å². The standard InChI is InChI=1S/C15H20N4OS/c1-10(2)19-14(20)17-18-15(19)21-13-6-4-3-5-11(13)9-16-12-7-8-12/h3-6,10,12,16H,7-9H2,1-2H3,(H,17,20). The third-order valence-corrected chi connectivity index (χ3v) is 4.61. The van der Waals surface area contributed by atoms with Gasteiger partial charge in [0.25, 0.3) is 0 Å². The Hall–Kier alpha value is -1.53. The molecule has 5 nitrogen and oxygen atoms in total. The molecule has 3 rings (SSSR count). The van der Waals surface area contributed by atoms with Gasteiger partial charge in [0.1, 0.15) is 0 Å². The highest BCUT2D eigenvalue weighted by Crippen LogP contribution is 2.30. The van der Waals surface area contributed by atoms with E-state index in [-0.39, 0.29) is 11.7 Å². The highest BCUT2D eigenvalue weighted by molar-refractivity contribution is 7.99. The van der Waals surface area contributed by atoms with Crippen molar-refractivity contribution in [3.05, 3.63) is 40.3 Å². The van der Waals surface area contributed by atoms with Crippen LogP contribution in [-0.2, 0) is 6.54 Å². The van der Waals surface area contributed by atoms with Gasteiger partial charge in [-0.25, -0.2) is 9.89 Å². The molecule has 0 atom stereocenters. The van der Waals surface area contributed by atoms with E-state index in [1.165, 1.54) is 18.4 Å². The van der Waals surface area contributed by atoms with Gasteiger partial charge in [0.15, 0.2) is 5.16 Å². The first-order valence-corrected chi connectivity index (χ1v) is 8.13. The largest absolute Gasteiger partial charge is 0.344 e. The van der Waals surface area contributed by atoms with E-state index in [1.807, 2.05) is 26.0 Å². The van der Waals surface area contributed by atoms with Crippen LogP contribution in [0.2, 0.25) is 0 Å². The molecule has 2 aromatic rings. The summed E-state index contributed by atoms with van der Waals surface area (Å²) in [5, 5.41) is 10.9. The van der Waals surface area contributed by atoms with Crippen LogP contribution in [-0.4, -0.2) is 20.8 Å². The molecule has 6 heteroatoms. The van der Waals surface area contributed by atoms with Crippen LogP contribution in [0.4, 0.5) is 0 Å². The molecule has 1 fully saturated rings. The molecular weight excluding hydrogens is 284 g/mol. The highest BCUT2D eigenvalue weighted by atomic mass is 32.2. The zero-order chi connectivity index (χ0) is 14.8. The van der Waals surface area contributed by atoms with Crippen LogP contribution >= 0.6 is 11.8 Å². The van der Waals surface area contributed by atoms with Gasteiger partial charge in [-0.3, -0.25) is 4.57 Å². The van der Waals surface area contributed by atoms with E-state index in [0.29, 0.717) is 11.2 Å². The molecule has 0 amide bonds. The third-order valence-electron chi connectivity index (χ3n) is 3.52. The normalized spacial score (nSPS) is 14.8. The molecule has 1 heterocycles. The van der Waals surface area contributed by atoms with E-state index in [0.717, 1.165) is 11.4 Å². The average Bonchev–Trinajstić information content (AvgIpc) is 3.21. The Morgan fingerprint density at radius 1 is 1.43 bits per heavy atom. The van der Waals surface area contributed by atoms with E-state index in [9.17, 15) is 4.79 Å². The Balaban J connectivity index is 1.82. The van der Waals surface area contributed by atoms with E-state index < -0.39 is 0 Å². The zero-order valence-corrected chi connectivity index (χ0v) is 13.1. The molecule has 2 N–H and O–H groups in total. The number of aromatic nitrogens is 3. The van der Waals surface area contributed by atoms with Crippen LogP contribution in [0, 0.1) is 0 Å². The first kappa shape index (κ1) is 14.4. The Bertz CT molecular complexity index is 672. The fraction of sp³-hybridized carbons (Fsp3) is 0.467. The Labute approximate surface area is 128 Å². The lowest BCUT2D eigenvalue weighted by molar-refractivity contribution is 0.534. The molecule has 0 unspecified atom stereocenters. The number of H-pyrrole nitrogens is 1. The van der Waals surface area contributed by atoms with Gasteiger partial charge < -0.3 is 5.32 Å². The number of nitrogens with one attached hydrogen (secondary N) is 2. The lowest BCUT2D eigenvalue weighted by Crippen LogP contribution is -2.19. The number of nitrogens with zero attached hydrogens (tertiary/aromatic N) is 2. The second kappa shape index (κ2) is 6.07. The van der Waals surface area contributed by atoms with Gasteiger partial charge in [0.2, 0.25) is 0 Å². The lowest BCUT2D eigenvalue weighted by atomic mass is 10.2. The number of hydrogen-bond donors (Lipinski definition) is 2. The zero-order valence-electron chi connectivity index (χ0n) is 12.3. The minimum Gasteiger partial charge on any atom is -0.310 e. The van der Waals surface area contributed by atoms with Crippen LogP contribution < -0.4 is 11.0 Å². The summed E-state index contributed by atoms with van der Waals surface area (Å²) in [6.07, 6.45) is 2.56. The highest BCUT2D eigenvalue weighted by Gasteiger charge is 2.21. The second-order valence-electron chi connectivity index (χ2n) is 5.64. The Morgan fingerprint density at radius 2 is 2.19 bits per heavy atom. The number of rotatable bonds is 6. The second-order valence-corrected chi connectivity index (χ2v) is 6.65. The van der Waals surface area contributed by atoms with E-state index in [2.05, 4.69) is 27.6 Å². The predicted molar refractivity (Wildman–Crippen MR) is 83.7 cm³/mol. The number of aromatic amines is 1. The minimum atomic E-state index is -0.152. The maximum atomic E-state index is 11.8. The van der Waals surface area contributed by atoms with Gasteiger partial charge in [0, 0.05) is 23.5 Å². The third kappa shape index (κ3) is 3.39. The van der Waals surface area contributed by atoms with E-state index >= 15 is 0 Å². The van der Waals surface area contributed by atoms with Crippen molar-refractivity contribution in [1.82, 2.24) is 20.1 Å². The fourth-order valence-corrected chi connectivity index (χ4v) is 3.31. The molecule has 112 valence electrons. The van der Waals surface area contributed by atoms with Gasteiger partial charge in [0.05, 0.1) is 0 Å². The van der Waals surface area contributed by atoms with E-state index in [4.69, 9.17) is 0 Å². The van der Waals surface area contributed by atoms with Crippen LogP contribution in [0.15, 0.2) is 39.1 Å². The van der Waals surface area contributed by atoms with Gasteiger partial charge in [-0.15, -0.1) is 5.10 Å². The van der Waals surface area contributed by atoms with Crippen molar-refractivity contribution in [3.8, 4) is 0 Å². The lowest BCUT2D eigenvalue weighted by Gasteiger charge is -2.11. The van der Waals surface area contributed by atoms with E-state index in [1.54, 1.807) is 16.3 Å². The van der Waals surface area contributed by atoms with Gasteiger partial charge >= 0.3 is 5.69 Å². The summed E-state index contributed by atoms with van der Waals surface area (Å²) >= 11 is 1.54. The van der Waals surface area contributed by atoms with Crippen molar-refractivity contribution in [2.45, 2.75) is 55.4 Å². The molecule has 1 aliphatic rings. The maximum Gasteiger partial charge on any atom is 0.344 e. The van der Waals surface area contributed by atoms with Crippen molar-refractivity contribution in [3.63, 3.8) is 0 Å². The fourth-order valence-electron chi connectivity index (χ4n) is 2.21.